The summed E-state index contributed by atoms with van der Waals surface area (Å²) < 4.78 is 14.0. The molecule has 4 aromatic rings. The number of primary amides is 1. The molecule has 0 spiro atoms. The number of aromatic nitrogens is 5. The summed E-state index contributed by atoms with van der Waals surface area (Å²) in [4.78, 5) is 56.7. The minimum atomic E-state index is -1.10. The highest BCUT2D eigenvalue weighted by Gasteiger charge is 2.21. The molecule has 220 valence electrons. The molecule has 15 heteroatoms. The van der Waals surface area contributed by atoms with Crippen LogP contribution < -0.4 is 21.1 Å². The molecule has 5 N–H and O–H groups in total. The lowest BCUT2D eigenvalue weighted by atomic mass is 10.1. The van der Waals surface area contributed by atoms with E-state index in [2.05, 4.69) is 25.7 Å². The number of aromatic carboxylic acids is 1. The number of hydrogen-bond acceptors (Lipinski definition) is 9. The number of ether oxygens (including phenoxy) is 2. The third-order valence-corrected chi connectivity index (χ3v) is 6.22. The number of carbonyl (C=O) groups excluding carboxylic acids is 3. The Balaban J connectivity index is 1.48. The monoisotopic (exact) mass is 578 g/mol. The zero-order chi connectivity index (χ0) is 30.4. The fourth-order valence-electron chi connectivity index (χ4n) is 4.23. The molecule has 3 aromatic heterocycles. The smallest absolute Gasteiger partial charge is 0.407 e. The number of carbonyl (C=O) groups is 4. The van der Waals surface area contributed by atoms with Gasteiger partial charge in [-0.2, -0.15) is 5.10 Å². The second-order valence-electron chi connectivity index (χ2n) is 9.14. The molecule has 0 saturated heterocycles. The maximum atomic E-state index is 13.2. The second-order valence-corrected chi connectivity index (χ2v) is 9.14. The lowest BCUT2D eigenvalue weighted by Gasteiger charge is -2.13. The van der Waals surface area contributed by atoms with Crippen LogP contribution in [0.25, 0.3) is 11.0 Å². The number of nitrogens with two attached hydrogens (primary N) is 1. The van der Waals surface area contributed by atoms with E-state index in [-0.39, 0.29) is 30.2 Å². The van der Waals surface area contributed by atoms with E-state index in [9.17, 15) is 19.2 Å². The number of rotatable bonds is 12. The molecule has 4 rings (SSSR count). The van der Waals surface area contributed by atoms with E-state index in [4.69, 9.17) is 20.3 Å². The summed E-state index contributed by atoms with van der Waals surface area (Å²) in [5, 5.41) is 18.7. The number of hydrogen-bond donors (Lipinski definition) is 4. The summed E-state index contributed by atoms with van der Waals surface area (Å²) in [6.07, 6.45) is 0.902. The summed E-state index contributed by atoms with van der Waals surface area (Å²) in [5.74, 6) is -1.65. The lowest BCUT2D eigenvalue weighted by Crippen LogP contribution is -2.26. The van der Waals surface area contributed by atoms with Crippen LogP contribution in [0.15, 0.2) is 36.5 Å². The van der Waals surface area contributed by atoms with Crippen LogP contribution in [0.3, 0.4) is 0 Å². The van der Waals surface area contributed by atoms with Crippen LogP contribution in [-0.4, -0.2) is 67.0 Å². The molecular weight excluding hydrogens is 548 g/mol. The fourth-order valence-corrected chi connectivity index (χ4v) is 4.23. The molecule has 0 atom stereocenters. The zero-order valence-corrected chi connectivity index (χ0v) is 23.2. The molecule has 3 heterocycles. The van der Waals surface area contributed by atoms with Crippen LogP contribution >= 0.6 is 0 Å². The standard InChI is InChI=1S/C27H30N8O7/c1-4-35-20(10-15(2)33-35)24(37)32-26-31-19-11-17(23(28)36)12-21(41-3)22(19)34(26)9-5-8-29-27(40)42-14-18-7-6-16(13-30-18)25(38)39/h6-7,10-13H,4-5,8-9,14H2,1-3H3,(H2,28,36)(H,29,40)(H,38,39)(H,31,32,37). The third kappa shape index (κ3) is 6.63. The average Bonchev–Trinajstić information content (AvgIpc) is 3.53. The molecule has 0 aliphatic rings. The number of methoxy groups -OCH3 is 1. The summed E-state index contributed by atoms with van der Waals surface area (Å²) in [7, 11) is 1.44. The number of carboxylic acid groups (broad SMARTS) is 1. The zero-order valence-electron chi connectivity index (χ0n) is 23.2. The lowest BCUT2D eigenvalue weighted by molar-refractivity contribution is 0.0695. The van der Waals surface area contributed by atoms with Gasteiger partial charge in [0.2, 0.25) is 11.9 Å². The predicted molar refractivity (Wildman–Crippen MR) is 149 cm³/mol. The molecule has 42 heavy (non-hydrogen) atoms. The van der Waals surface area contributed by atoms with Gasteiger partial charge in [0.25, 0.3) is 5.91 Å². The van der Waals surface area contributed by atoms with E-state index >= 15 is 0 Å². The molecular formula is C27H30N8O7. The van der Waals surface area contributed by atoms with Crippen molar-refractivity contribution in [3.63, 3.8) is 0 Å². The number of imidazole rings is 1. The number of alkyl carbamates (subject to hydrolysis) is 1. The van der Waals surface area contributed by atoms with Crippen molar-refractivity contribution in [1.29, 1.82) is 0 Å². The van der Waals surface area contributed by atoms with Crippen LogP contribution in [0.2, 0.25) is 0 Å². The number of nitrogens with one attached hydrogen (secondary N) is 2. The number of carboxylic acids is 1. The summed E-state index contributed by atoms with van der Waals surface area (Å²) in [5.41, 5.74) is 8.05. The van der Waals surface area contributed by atoms with E-state index in [1.54, 1.807) is 22.2 Å². The van der Waals surface area contributed by atoms with Crippen LogP contribution in [0.5, 0.6) is 5.75 Å². The molecule has 0 unspecified atom stereocenters. The number of amides is 3. The third-order valence-electron chi connectivity index (χ3n) is 6.22. The van der Waals surface area contributed by atoms with Gasteiger partial charge in [-0.25, -0.2) is 14.6 Å². The number of fused-ring (bicyclic) bond motifs is 1. The highest BCUT2D eigenvalue weighted by atomic mass is 16.5. The summed E-state index contributed by atoms with van der Waals surface area (Å²) >= 11 is 0. The van der Waals surface area contributed by atoms with Crippen LogP contribution in [0, 0.1) is 6.92 Å². The Morgan fingerprint density at radius 2 is 1.90 bits per heavy atom. The van der Waals surface area contributed by atoms with E-state index < -0.39 is 23.9 Å². The van der Waals surface area contributed by atoms with Crippen molar-refractivity contribution in [2.75, 3.05) is 19.0 Å². The van der Waals surface area contributed by atoms with Gasteiger partial charge in [-0.05, 0) is 50.6 Å². The number of benzene rings is 1. The first-order chi connectivity index (χ1) is 20.1. The van der Waals surface area contributed by atoms with Gasteiger partial charge in [0.1, 0.15) is 23.6 Å². The van der Waals surface area contributed by atoms with E-state index in [1.165, 1.54) is 37.6 Å². The first-order valence-corrected chi connectivity index (χ1v) is 12.9. The maximum Gasteiger partial charge on any atom is 0.407 e. The van der Waals surface area contributed by atoms with Crippen LogP contribution in [0.1, 0.15) is 55.9 Å². The second kappa shape index (κ2) is 12.8. The Hall–Kier alpha value is -5.47. The summed E-state index contributed by atoms with van der Waals surface area (Å²) in [6, 6.07) is 7.51. The van der Waals surface area contributed by atoms with E-state index in [1.807, 2.05) is 6.92 Å². The molecule has 0 saturated carbocycles. The van der Waals surface area contributed by atoms with Gasteiger partial charge in [-0.3, -0.25) is 24.6 Å². The molecule has 15 nitrogen and oxygen atoms in total. The van der Waals surface area contributed by atoms with E-state index in [0.717, 1.165) is 0 Å². The minimum Gasteiger partial charge on any atom is -0.494 e. The van der Waals surface area contributed by atoms with Crippen molar-refractivity contribution in [1.82, 2.24) is 29.6 Å². The van der Waals surface area contributed by atoms with E-state index in [0.29, 0.717) is 53.4 Å². The normalized spacial score (nSPS) is 10.8. The minimum absolute atomic E-state index is 0.0272. The van der Waals surface area contributed by atoms with Gasteiger partial charge < -0.3 is 30.2 Å². The predicted octanol–water partition coefficient (Wildman–Crippen LogP) is 2.33. The Bertz CT molecular complexity index is 1640. The summed E-state index contributed by atoms with van der Waals surface area (Å²) in [6.45, 7) is 4.52. The van der Waals surface area contributed by atoms with Gasteiger partial charge in [0, 0.05) is 31.4 Å². The van der Waals surface area contributed by atoms with Crippen molar-refractivity contribution in [3.05, 3.63) is 64.7 Å². The highest BCUT2D eigenvalue weighted by Crippen LogP contribution is 2.31. The van der Waals surface area contributed by atoms with Gasteiger partial charge in [0.05, 0.1) is 29.6 Å². The Kier molecular flexibility index (Phi) is 8.99. The van der Waals surface area contributed by atoms with Crippen molar-refractivity contribution >= 4 is 40.9 Å². The maximum absolute atomic E-state index is 13.2. The quantitative estimate of drug-likeness (QED) is 0.180. The number of aryl methyl sites for hydroxylation is 3. The first kappa shape index (κ1) is 29.5. The highest BCUT2D eigenvalue weighted by molar-refractivity contribution is 6.04. The first-order valence-electron chi connectivity index (χ1n) is 12.9. The number of anilines is 1. The van der Waals surface area contributed by atoms with Crippen molar-refractivity contribution in [2.24, 2.45) is 5.73 Å². The van der Waals surface area contributed by atoms with Crippen molar-refractivity contribution in [2.45, 2.75) is 40.0 Å². The molecule has 0 bridgehead atoms. The van der Waals surface area contributed by atoms with Crippen LogP contribution in [-0.2, 0) is 24.4 Å². The Morgan fingerprint density at radius 3 is 2.55 bits per heavy atom. The Labute approximate surface area is 239 Å². The largest absolute Gasteiger partial charge is 0.494 e. The molecule has 0 aliphatic carbocycles. The number of pyridine rings is 1. The average molecular weight is 579 g/mol. The van der Waals surface area contributed by atoms with Gasteiger partial charge in [0.15, 0.2) is 0 Å². The van der Waals surface area contributed by atoms with Crippen LogP contribution in [0.4, 0.5) is 10.7 Å². The molecule has 3 amide bonds. The SMILES string of the molecule is CCn1nc(C)cc1C(=O)Nc1nc2cc(C(N)=O)cc(OC)c2n1CCCNC(=O)OCc1ccc(C(=O)O)cn1. The van der Waals surface area contributed by atoms with Gasteiger partial charge in [-0.15, -0.1) is 0 Å². The van der Waals surface area contributed by atoms with Crippen molar-refractivity contribution < 1.29 is 33.8 Å². The topological polar surface area (TPSA) is 206 Å². The van der Waals surface area contributed by atoms with Gasteiger partial charge >= 0.3 is 12.1 Å². The number of nitrogens with zero attached hydrogens (tertiary/aromatic N) is 5. The molecule has 1 aromatic carbocycles. The molecule has 0 fully saturated rings. The Morgan fingerprint density at radius 1 is 1.12 bits per heavy atom. The fraction of sp³-hybridized carbons (Fsp3) is 0.296. The van der Waals surface area contributed by atoms with Crippen molar-refractivity contribution in [3.8, 4) is 5.75 Å². The molecule has 0 radical (unpaired) electrons. The van der Waals surface area contributed by atoms with Gasteiger partial charge in [-0.1, -0.05) is 0 Å². The molecule has 0 aliphatic heterocycles.